The number of para-hydroxylation sites is 2. The first kappa shape index (κ1) is 26.5. The van der Waals surface area contributed by atoms with Crippen molar-refractivity contribution in [1.29, 1.82) is 0 Å². The summed E-state index contributed by atoms with van der Waals surface area (Å²) in [4.78, 5) is 12.1. The minimum absolute atomic E-state index is 0.0841. The monoisotopic (exact) mass is 599 g/mol. The smallest absolute Gasteiger partial charge is 0.243 e. The van der Waals surface area contributed by atoms with Crippen LogP contribution in [0.3, 0.4) is 0 Å². The molecule has 0 unspecified atom stereocenters. The van der Waals surface area contributed by atoms with E-state index in [0.717, 1.165) is 21.8 Å². The molecule has 2 aliphatic rings. The van der Waals surface area contributed by atoms with Gasteiger partial charge in [-0.1, -0.05) is 127 Å². The molecule has 10 rings (SSSR count). The average Bonchev–Trinajstić information content (AvgIpc) is 3.47. The molecular weight excluding hydrogens is 569 g/mol. The Morgan fingerprint density at radius 1 is 0.532 bits per heavy atom. The van der Waals surface area contributed by atoms with Gasteiger partial charge in [0.15, 0.2) is 0 Å². The van der Waals surface area contributed by atoms with Crippen molar-refractivity contribution in [2.24, 2.45) is 0 Å². The topological polar surface area (TPSA) is 29.0 Å². The Hall–Kier alpha value is -5.74. The van der Waals surface area contributed by atoms with Gasteiger partial charge in [-0.25, -0.2) is 0 Å². The van der Waals surface area contributed by atoms with Crippen LogP contribution in [-0.4, -0.2) is 16.7 Å². The fourth-order valence-electron chi connectivity index (χ4n) is 8.53. The van der Waals surface area contributed by atoms with Crippen LogP contribution in [0.4, 0.5) is 17.1 Å². The molecule has 0 atom stereocenters. The molecule has 0 bridgehead atoms. The zero-order chi connectivity index (χ0) is 31.3. The second-order valence-electron chi connectivity index (χ2n) is 13.4. The third kappa shape index (κ3) is 3.58. The maximum Gasteiger partial charge on any atom is 0.243 e. The second kappa shape index (κ2) is 9.64. The third-order valence-electron chi connectivity index (χ3n) is 10.6. The normalized spacial score (nSPS) is 14.3. The zero-order valence-corrected chi connectivity index (χ0v) is 26.3. The average molecular weight is 600 g/mol. The van der Waals surface area contributed by atoms with Crippen LogP contribution in [0.2, 0.25) is 0 Å². The van der Waals surface area contributed by atoms with E-state index in [1.54, 1.807) is 0 Å². The summed E-state index contributed by atoms with van der Waals surface area (Å²) in [5.41, 5.74) is 14.8. The molecule has 220 valence electrons. The molecule has 0 spiro atoms. The highest BCUT2D eigenvalue weighted by atomic mass is 15.2. The molecule has 6 aromatic carbocycles. The lowest BCUT2D eigenvalue weighted by molar-refractivity contribution is 0.632. The number of hydrogen-bond donors (Lipinski definition) is 0. The Balaban J connectivity index is 1.20. The zero-order valence-electron chi connectivity index (χ0n) is 26.3. The Morgan fingerprint density at radius 2 is 1.15 bits per heavy atom. The predicted molar refractivity (Wildman–Crippen MR) is 198 cm³/mol. The van der Waals surface area contributed by atoms with Gasteiger partial charge in [-0.2, -0.15) is 0 Å². The van der Waals surface area contributed by atoms with Crippen molar-refractivity contribution in [1.82, 2.24) is 9.97 Å². The molecule has 2 aromatic heterocycles. The number of pyridine rings is 2. The lowest BCUT2D eigenvalue weighted by Gasteiger charge is -2.42. The van der Waals surface area contributed by atoms with Crippen LogP contribution < -0.4 is 21.3 Å². The number of nitrogens with zero attached hydrogens (tertiary/aromatic N) is 3. The quantitative estimate of drug-likeness (QED) is 0.147. The molecule has 2 aliphatic heterocycles. The first-order valence-electron chi connectivity index (χ1n) is 16.4. The largest absolute Gasteiger partial charge is 0.310 e. The van der Waals surface area contributed by atoms with Crippen molar-refractivity contribution >= 4 is 72.7 Å². The van der Waals surface area contributed by atoms with Gasteiger partial charge < -0.3 is 4.90 Å². The number of anilines is 3. The van der Waals surface area contributed by atoms with Crippen molar-refractivity contribution in [2.75, 3.05) is 4.90 Å². The van der Waals surface area contributed by atoms with Crippen LogP contribution in [0.15, 0.2) is 146 Å². The molecule has 0 fully saturated rings. The van der Waals surface area contributed by atoms with Gasteiger partial charge in [-0.3, -0.25) is 9.97 Å². The van der Waals surface area contributed by atoms with Gasteiger partial charge in [0.2, 0.25) is 6.71 Å². The Bertz CT molecular complexity index is 2480. The van der Waals surface area contributed by atoms with E-state index in [4.69, 9.17) is 9.97 Å². The highest BCUT2D eigenvalue weighted by Crippen LogP contribution is 2.51. The molecule has 8 aromatic rings. The lowest BCUT2D eigenvalue weighted by Crippen LogP contribution is -2.49. The number of aromatic nitrogens is 2. The van der Waals surface area contributed by atoms with Gasteiger partial charge in [0.1, 0.15) is 0 Å². The van der Waals surface area contributed by atoms with Crippen LogP contribution in [-0.2, 0) is 5.41 Å². The first-order chi connectivity index (χ1) is 23.1. The predicted octanol–water partition coefficient (Wildman–Crippen LogP) is 8.54. The van der Waals surface area contributed by atoms with Crippen molar-refractivity contribution < 1.29 is 0 Å². The summed E-state index contributed by atoms with van der Waals surface area (Å²) in [6.07, 6.45) is 3.75. The van der Waals surface area contributed by atoms with Gasteiger partial charge in [0, 0.05) is 34.3 Å². The maximum atomic E-state index is 4.87. The van der Waals surface area contributed by atoms with Crippen molar-refractivity contribution in [3.05, 3.63) is 157 Å². The third-order valence-corrected chi connectivity index (χ3v) is 10.6. The maximum absolute atomic E-state index is 4.87. The van der Waals surface area contributed by atoms with Crippen LogP contribution in [0.1, 0.15) is 25.0 Å². The van der Waals surface area contributed by atoms with Gasteiger partial charge in [0.05, 0.1) is 22.4 Å². The van der Waals surface area contributed by atoms with E-state index in [-0.39, 0.29) is 12.1 Å². The molecule has 0 N–H and O–H groups in total. The van der Waals surface area contributed by atoms with Gasteiger partial charge in [-0.05, 0) is 69.4 Å². The van der Waals surface area contributed by atoms with E-state index in [2.05, 4.69) is 146 Å². The molecule has 0 saturated heterocycles. The fourth-order valence-corrected chi connectivity index (χ4v) is 8.53. The fraction of sp³-hybridized carbons (Fsp3) is 0.0698. The minimum Gasteiger partial charge on any atom is -0.310 e. The lowest BCUT2D eigenvalue weighted by atomic mass is 9.38. The van der Waals surface area contributed by atoms with Crippen LogP contribution in [0.25, 0.3) is 43.7 Å². The van der Waals surface area contributed by atoms with E-state index in [9.17, 15) is 0 Å². The van der Waals surface area contributed by atoms with Gasteiger partial charge in [0.25, 0.3) is 0 Å². The molecule has 47 heavy (non-hydrogen) atoms. The summed E-state index contributed by atoms with van der Waals surface area (Å²) in [6.45, 7) is 4.77. The second-order valence-corrected chi connectivity index (χ2v) is 13.4. The Labute approximate surface area is 274 Å². The van der Waals surface area contributed by atoms with E-state index in [1.165, 1.54) is 66.5 Å². The summed E-state index contributed by atoms with van der Waals surface area (Å²) in [5, 5.41) is 4.81. The molecule has 0 amide bonds. The number of benzene rings is 6. The highest BCUT2D eigenvalue weighted by molar-refractivity contribution is 7.00. The molecule has 0 saturated carbocycles. The molecule has 0 aliphatic carbocycles. The number of fused-ring (bicyclic) bond motifs is 12. The molecular formula is C43H30BN3. The number of hydrogen-bond acceptors (Lipinski definition) is 3. The van der Waals surface area contributed by atoms with Crippen molar-refractivity contribution in [3.8, 4) is 11.1 Å². The SMILES string of the molecule is CC1(C)c2ccccc2N(c2ccc(B3c4ccccc4-c4ccc5c6cccnc6c6ncccc6c5c43)cc2)c2ccccc21. The van der Waals surface area contributed by atoms with Crippen LogP contribution in [0, 0.1) is 0 Å². The summed E-state index contributed by atoms with van der Waals surface area (Å²) in [7, 11) is 0. The summed E-state index contributed by atoms with van der Waals surface area (Å²) in [5.74, 6) is 0. The van der Waals surface area contributed by atoms with Gasteiger partial charge >= 0.3 is 0 Å². The number of rotatable bonds is 2. The van der Waals surface area contributed by atoms with Crippen molar-refractivity contribution in [3.63, 3.8) is 0 Å². The van der Waals surface area contributed by atoms with E-state index in [0.29, 0.717) is 0 Å². The highest BCUT2D eigenvalue weighted by Gasteiger charge is 2.38. The van der Waals surface area contributed by atoms with Crippen LogP contribution in [0.5, 0.6) is 0 Å². The summed E-state index contributed by atoms with van der Waals surface area (Å²) in [6, 6.07) is 49.0. The standard InChI is InChI=1S/C43H30BN3/c1-43(2)34-14-4-7-17-37(34)47(38-18-8-5-15-35(38)43)28-21-19-27(20-22-28)44-36-16-6-3-11-29(36)31-24-23-30-32-12-9-25-45-41(32)42-33(13-10-26-46-42)39(30)40(31)44/h3-26H,1-2H3. The molecule has 0 radical (unpaired) electrons. The minimum atomic E-state index is -0.0841. The summed E-state index contributed by atoms with van der Waals surface area (Å²) < 4.78 is 0. The Kier molecular flexibility index (Phi) is 5.43. The molecule has 4 heteroatoms. The molecule has 4 heterocycles. The first-order valence-corrected chi connectivity index (χ1v) is 16.4. The molecule has 3 nitrogen and oxygen atoms in total. The van der Waals surface area contributed by atoms with E-state index < -0.39 is 0 Å². The van der Waals surface area contributed by atoms with E-state index in [1.807, 2.05) is 18.5 Å². The van der Waals surface area contributed by atoms with E-state index >= 15 is 0 Å². The Morgan fingerprint density at radius 3 is 1.87 bits per heavy atom. The van der Waals surface area contributed by atoms with Crippen LogP contribution >= 0.6 is 0 Å². The van der Waals surface area contributed by atoms with Gasteiger partial charge in [-0.15, -0.1) is 0 Å². The van der Waals surface area contributed by atoms with Crippen molar-refractivity contribution in [2.45, 2.75) is 19.3 Å². The summed E-state index contributed by atoms with van der Waals surface area (Å²) >= 11 is 0.